The SMILES string of the molecule is Cc1ccc(Br)c(C2(CC(=O)O)CC2)c1C. The van der Waals surface area contributed by atoms with Crippen molar-refractivity contribution in [2.24, 2.45) is 0 Å². The lowest BCUT2D eigenvalue weighted by molar-refractivity contribution is -0.137. The molecule has 0 amide bonds. The standard InChI is InChI=1S/C13H15BrO2/c1-8-3-4-10(14)12(9(8)2)13(5-6-13)7-11(15)16/h3-4H,5-7H2,1-2H3,(H,15,16). The van der Waals surface area contributed by atoms with E-state index in [0.29, 0.717) is 0 Å². The van der Waals surface area contributed by atoms with Gasteiger partial charge in [-0.25, -0.2) is 0 Å². The van der Waals surface area contributed by atoms with Crippen LogP contribution in [0.15, 0.2) is 16.6 Å². The molecule has 1 N–H and O–H groups in total. The molecule has 0 atom stereocenters. The monoisotopic (exact) mass is 282 g/mol. The molecular formula is C13H15BrO2. The Balaban J connectivity index is 2.48. The van der Waals surface area contributed by atoms with Crippen LogP contribution in [0.25, 0.3) is 0 Å². The largest absolute Gasteiger partial charge is 0.481 e. The van der Waals surface area contributed by atoms with Gasteiger partial charge in [0.2, 0.25) is 0 Å². The van der Waals surface area contributed by atoms with Crippen LogP contribution in [0.2, 0.25) is 0 Å². The van der Waals surface area contributed by atoms with E-state index in [0.717, 1.165) is 17.3 Å². The van der Waals surface area contributed by atoms with Crippen molar-refractivity contribution in [1.29, 1.82) is 0 Å². The Morgan fingerprint density at radius 3 is 2.56 bits per heavy atom. The van der Waals surface area contributed by atoms with Crippen LogP contribution in [0.3, 0.4) is 0 Å². The van der Waals surface area contributed by atoms with Gasteiger partial charge in [-0.1, -0.05) is 22.0 Å². The van der Waals surface area contributed by atoms with E-state index >= 15 is 0 Å². The lowest BCUT2D eigenvalue weighted by Gasteiger charge is -2.19. The van der Waals surface area contributed by atoms with E-state index in [9.17, 15) is 4.79 Å². The Morgan fingerprint density at radius 2 is 2.06 bits per heavy atom. The molecule has 1 fully saturated rings. The first-order valence-corrected chi connectivity index (χ1v) is 6.23. The van der Waals surface area contributed by atoms with Gasteiger partial charge in [-0.3, -0.25) is 4.79 Å². The molecule has 2 rings (SSSR count). The van der Waals surface area contributed by atoms with E-state index < -0.39 is 5.97 Å². The molecule has 16 heavy (non-hydrogen) atoms. The predicted molar refractivity (Wildman–Crippen MR) is 66.8 cm³/mol. The quantitative estimate of drug-likeness (QED) is 0.920. The normalized spacial score (nSPS) is 17.2. The molecule has 0 aromatic heterocycles. The molecule has 0 saturated heterocycles. The summed E-state index contributed by atoms with van der Waals surface area (Å²) in [7, 11) is 0. The minimum atomic E-state index is -0.703. The van der Waals surface area contributed by atoms with Crippen LogP contribution in [0.5, 0.6) is 0 Å². The summed E-state index contributed by atoms with van der Waals surface area (Å²) in [5, 5.41) is 8.99. The summed E-state index contributed by atoms with van der Waals surface area (Å²) in [5.41, 5.74) is 3.55. The van der Waals surface area contributed by atoms with E-state index in [1.54, 1.807) is 0 Å². The van der Waals surface area contributed by atoms with Crippen LogP contribution >= 0.6 is 15.9 Å². The van der Waals surface area contributed by atoms with Gasteiger partial charge in [-0.15, -0.1) is 0 Å². The number of benzene rings is 1. The van der Waals surface area contributed by atoms with Crippen molar-refractivity contribution >= 4 is 21.9 Å². The highest BCUT2D eigenvalue weighted by Gasteiger charge is 2.47. The fourth-order valence-corrected chi connectivity index (χ4v) is 3.24. The van der Waals surface area contributed by atoms with Crippen molar-refractivity contribution in [2.75, 3.05) is 0 Å². The summed E-state index contributed by atoms with van der Waals surface area (Å²) < 4.78 is 1.05. The third-order valence-corrected chi connectivity index (χ3v) is 4.22. The third kappa shape index (κ3) is 1.88. The zero-order chi connectivity index (χ0) is 11.9. The average Bonchev–Trinajstić information content (AvgIpc) is 2.92. The van der Waals surface area contributed by atoms with Crippen molar-refractivity contribution in [1.82, 2.24) is 0 Å². The van der Waals surface area contributed by atoms with Crippen LogP contribution in [0.4, 0.5) is 0 Å². The highest BCUT2D eigenvalue weighted by Crippen LogP contribution is 2.54. The van der Waals surface area contributed by atoms with Gasteiger partial charge in [-0.2, -0.15) is 0 Å². The number of aliphatic carboxylic acids is 1. The molecule has 0 radical (unpaired) electrons. The van der Waals surface area contributed by atoms with Crippen molar-refractivity contribution in [3.8, 4) is 0 Å². The smallest absolute Gasteiger partial charge is 0.304 e. The first kappa shape index (κ1) is 11.6. The molecule has 0 unspecified atom stereocenters. The molecule has 0 aliphatic heterocycles. The van der Waals surface area contributed by atoms with Gasteiger partial charge in [0.05, 0.1) is 6.42 Å². The zero-order valence-corrected chi connectivity index (χ0v) is 11.1. The van der Waals surface area contributed by atoms with E-state index in [1.807, 2.05) is 6.07 Å². The number of hydrogen-bond acceptors (Lipinski definition) is 1. The van der Waals surface area contributed by atoms with Crippen LogP contribution in [0, 0.1) is 13.8 Å². The van der Waals surface area contributed by atoms with Crippen LogP contribution in [-0.2, 0) is 10.2 Å². The maximum Gasteiger partial charge on any atom is 0.304 e. The van der Waals surface area contributed by atoms with Gasteiger partial charge < -0.3 is 5.11 Å². The van der Waals surface area contributed by atoms with Crippen LogP contribution < -0.4 is 0 Å². The molecule has 0 bridgehead atoms. The summed E-state index contributed by atoms with van der Waals surface area (Å²) in [6.45, 7) is 4.15. The minimum absolute atomic E-state index is 0.110. The fraction of sp³-hybridized carbons (Fsp3) is 0.462. The van der Waals surface area contributed by atoms with Crippen LogP contribution in [-0.4, -0.2) is 11.1 Å². The second kappa shape index (κ2) is 3.88. The lowest BCUT2D eigenvalue weighted by atomic mass is 9.87. The number of carbonyl (C=O) groups is 1. The second-order valence-corrected chi connectivity index (χ2v) is 5.57. The highest BCUT2D eigenvalue weighted by molar-refractivity contribution is 9.10. The van der Waals surface area contributed by atoms with E-state index in [2.05, 4.69) is 35.8 Å². The summed E-state index contributed by atoms with van der Waals surface area (Å²) >= 11 is 3.55. The first-order chi connectivity index (χ1) is 7.46. The Morgan fingerprint density at radius 1 is 1.44 bits per heavy atom. The third-order valence-electron chi connectivity index (χ3n) is 3.56. The second-order valence-electron chi connectivity index (χ2n) is 4.72. The lowest BCUT2D eigenvalue weighted by Crippen LogP contribution is -2.15. The number of carboxylic acid groups (broad SMARTS) is 1. The van der Waals surface area contributed by atoms with Gasteiger partial charge in [0.15, 0.2) is 0 Å². The number of hydrogen-bond donors (Lipinski definition) is 1. The summed E-state index contributed by atoms with van der Waals surface area (Å²) in [5.74, 6) is -0.703. The molecule has 86 valence electrons. The van der Waals surface area contributed by atoms with Gasteiger partial charge >= 0.3 is 5.97 Å². The van der Waals surface area contributed by atoms with Crippen molar-refractivity contribution < 1.29 is 9.90 Å². The zero-order valence-electron chi connectivity index (χ0n) is 9.51. The number of halogens is 1. The predicted octanol–water partition coefficient (Wildman–Crippen LogP) is 3.57. The van der Waals surface area contributed by atoms with Gasteiger partial charge in [0, 0.05) is 9.89 Å². The molecule has 1 aromatic rings. The summed E-state index contributed by atoms with van der Waals surface area (Å²) in [6, 6.07) is 4.10. The summed E-state index contributed by atoms with van der Waals surface area (Å²) in [6.07, 6.45) is 2.22. The maximum atomic E-state index is 10.9. The molecule has 0 spiro atoms. The van der Waals surface area contributed by atoms with Crippen molar-refractivity contribution in [3.63, 3.8) is 0 Å². The number of aryl methyl sites for hydroxylation is 1. The molecule has 1 saturated carbocycles. The van der Waals surface area contributed by atoms with E-state index in [1.165, 1.54) is 16.7 Å². The maximum absolute atomic E-state index is 10.9. The first-order valence-electron chi connectivity index (χ1n) is 5.44. The number of rotatable bonds is 3. The number of carboxylic acids is 1. The average molecular weight is 283 g/mol. The van der Waals surface area contributed by atoms with Crippen molar-refractivity contribution in [3.05, 3.63) is 33.3 Å². The van der Waals surface area contributed by atoms with Crippen LogP contribution in [0.1, 0.15) is 36.0 Å². The molecule has 1 aliphatic carbocycles. The highest BCUT2D eigenvalue weighted by atomic mass is 79.9. The van der Waals surface area contributed by atoms with Gasteiger partial charge in [0.1, 0.15) is 0 Å². The molecule has 1 aromatic carbocycles. The van der Waals surface area contributed by atoms with E-state index in [4.69, 9.17) is 5.11 Å². The van der Waals surface area contributed by atoms with E-state index in [-0.39, 0.29) is 11.8 Å². The fourth-order valence-electron chi connectivity index (χ4n) is 2.39. The Bertz CT molecular complexity index is 447. The Labute approximate surface area is 104 Å². The van der Waals surface area contributed by atoms with Gasteiger partial charge in [-0.05, 0) is 49.4 Å². The van der Waals surface area contributed by atoms with Crippen molar-refractivity contribution in [2.45, 2.75) is 38.5 Å². The minimum Gasteiger partial charge on any atom is -0.481 e. The van der Waals surface area contributed by atoms with Gasteiger partial charge in [0.25, 0.3) is 0 Å². The molecule has 0 heterocycles. The Kier molecular flexibility index (Phi) is 2.82. The Hall–Kier alpha value is -0.830. The topological polar surface area (TPSA) is 37.3 Å². The summed E-state index contributed by atoms with van der Waals surface area (Å²) in [4.78, 5) is 10.9. The molecule has 1 aliphatic rings. The molecule has 3 heteroatoms. The molecular weight excluding hydrogens is 268 g/mol. The molecule has 2 nitrogen and oxygen atoms in total.